The lowest BCUT2D eigenvalue weighted by Crippen LogP contribution is -2.41. The van der Waals surface area contributed by atoms with Crippen molar-refractivity contribution in [1.29, 1.82) is 0 Å². The highest BCUT2D eigenvalue weighted by Gasteiger charge is 2.17. The number of anilines is 2. The maximum Gasteiger partial charge on any atom is 0.277 e. The van der Waals surface area contributed by atoms with E-state index in [9.17, 15) is 14.4 Å². The number of thioether (sulfide) groups is 1. The summed E-state index contributed by atoms with van der Waals surface area (Å²) in [5.41, 5.74) is 4.92. The number of H-pyrrole nitrogens is 1. The average molecular weight is 436 g/mol. The number of hydrogen-bond donors (Lipinski definition) is 4. The largest absolute Gasteiger partial charge is 0.493 e. The number of amides is 2. The number of nitrogens with zero attached hydrogens (tertiary/aromatic N) is 1. The Morgan fingerprint density at radius 1 is 1.20 bits per heavy atom. The van der Waals surface area contributed by atoms with E-state index >= 15 is 0 Å². The summed E-state index contributed by atoms with van der Waals surface area (Å²) in [6, 6.07) is 4.57. The number of nitrogens with two attached hydrogens (primary N) is 1. The standard InChI is InChI=1S/C19H25N5O5S/c1-19(2,3)24-13(25)9-30-18-22-15(20)14(17(27)23-18)21-16(26)10-6-7-11(28-4)12(8-10)29-5/h6-8H,9H2,1-5H3,(H,21,26)(H,24,25)(H3,20,22,23,27). The van der Waals surface area contributed by atoms with Crippen LogP contribution in [0.15, 0.2) is 28.2 Å². The van der Waals surface area contributed by atoms with Gasteiger partial charge in [0.25, 0.3) is 11.5 Å². The van der Waals surface area contributed by atoms with E-state index in [4.69, 9.17) is 15.2 Å². The van der Waals surface area contributed by atoms with Gasteiger partial charge in [0.05, 0.1) is 20.0 Å². The maximum atomic E-state index is 12.5. The molecule has 11 heteroatoms. The molecule has 0 atom stereocenters. The molecule has 5 N–H and O–H groups in total. The van der Waals surface area contributed by atoms with Gasteiger partial charge in [0.1, 0.15) is 5.69 Å². The van der Waals surface area contributed by atoms with Gasteiger partial charge in [-0.15, -0.1) is 0 Å². The van der Waals surface area contributed by atoms with Gasteiger partial charge in [-0.3, -0.25) is 19.4 Å². The predicted octanol–water partition coefficient (Wildman–Crippen LogP) is 1.63. The summed E-state index contributed by atoms with van der Waals surface area (Å²) in [6.45, 7) is 5.59. The van der Waals surface area contributed by atoms with Crippen LogP contribution in [-0.4, -0.2) is 47.3 Å². The Kier molecular flexibility index (Phi) is 7.33. The number of ether oxygens (including phenoxy) is 2. The van der Waals surface area contributed by atoms with Crippen molar-refractivity contribution in [2.45, 2.75) is 31.5 Å². The normalized spacial score (nSPS) is 11.0. The van der Waals surface area contributed by atoms with Crippen LogP contribution in [0.4, 0.5) is 11.5 Å². The monoisotopic (exact) mass is 435 g/mol. The molecule has 0 radical (unpaired) electrons. The van der Waals surface area contributed by atoms with Crippen LogP contribution in [0.5, 0.6) is 11.5 Å². The quantitative estimate of drug-likeness (QED) is 0.379. The van der Waals surface area contributed by atoms with Crippen molar-refractivity contribution in [2.75, 3.05) is 31.0 Å². The number of aromatic amines is 1. The molecule has 0 bridgehead atoms. The first-order chi connectivity index (χ1) is 14.0. The number of benzene rings is 1. The van der Waals surface area contributed by atoms with Crippen molar-refractivity contribution in [3.63, 3.8) is 0 Å². The first-order valence-electron chi connectivity index (χ1n) is 8.91. The van der Waals surface area contributed by atoms with Crippen molar-refractivity contribution < 1.29 is 19.1 Å². The van der Waals surface area contributed by atoms with Crippen molar-refractivity contribution in [3.8, 4) is 11.5 Å². The third kappa shape index (κ3) is 6.14. The van der Waals surface area contributed by atoms with Crippen LogP contribution >= 0.6 is 11.8 Å². The van der Waals surface area contributed by atoms with Gasteiger partial charge in [-0.25, -0.2) is 4.98 Å². The minimum Gasteiger partial charge on any atom is -0.493 e. The summed E-state index contributed by atoms with van der Waals surface area (Å²) in [6.07, 6.45) is 0. The molecule has 162 valence electrons. The van der Waals surface area contributed by atoms with E-state index in [0.29, 0.717) is 11.5 Å². The number of hydrogen-bond acceptors (Lipinski definition) is 8. The summed E-state index contributed by atoms with van der Waals surface area (Å²) < 4.78 is 10.3. The molecule has 30 heavy (non-hydrogen) atoms. The molecule has 0 aliphatic carbocycles. The number of nitrogen functional groups attached to an aromatic ring is 1. The minimum atomic E-state index is -0.630. The highest BCUT2D eigenvalue weighted by atomic mass is 32.2. The summed E-state index contributed by atoms with van der Waals surface area (Å²) in [7, 11) is 2.93. The number of carbonyl (C=O) groups is 2. The summed E-state index contributed by atoms with van der Waals surface area (Å²) in [5, 5.41) is 5.43. The molecular formula is C19H25N5O5S. The molecule has 2 aromatic rings. The number of aromatic nitrogens is 2. The summed E-state index contributed by atoms with van der Waals surface area (Å²) in [5.74, 6) is -0.0575. The summed E-state index contributed by atoms with van der Waals surface area (Å²) >= 11 is 1.03. The van der Waals surface area contributed by atoms with Gasteiger partial charge in [-0.1, -0.05) is 11.8 Å². The minimum absolute atomic E-state index is 0.0526. The Morgan fingerprint density at radius 3 is 2.43 bits per heavy atom. The zero-order chi connectivity index (χ0) is 22.5. The molecule has 10 nitrogen and oxygen atoms in total. The third-order valence-electron chi connectivity index (χ3n) is 3.66. The lowest BCUT2D eigenvalue weighted by Gasteiger charge is -2.20. The Bertz CT molecular complexity index is 1000. The molecule has 1 aromatic carbocycles. The zero-order valence-electron chi connectivity index (χ0n) is 17.4. The van der Waals surface area contributed by atoms with E-state index in [1.165, 1.54) is 26.4 Å². The molecule has 0 fully saturated rings. The average Bonchev–Trinajstić information content (AvgIpc) is 2.67. The van der Waals surface area contributed by atoms with Gasteiger partial charge in [-0.05, 0) is 39.0 Å². The number of methoxy groups -OCH3 is 2. The summed E-state index contributed by atoms with van der Waals surface area (Å²) in [4.78, 5) is 43.4. The lowest BCUT2D eigenvalue weighted by molar-refractivity contribution is -0.119. The van der Waals surface area contributed by atoms with Crippen LogP contribution < -0.4 is 31.4 Å². The molecular weight excluding hydrogens is 410 g/mol. The van der Waals surface area contributed by atoms with E-state index in [0.717, 1.165) is 11.8 Å². The van der Waals surface area contributed by atoms with Crippen LogP contribution in [0.2, 0.25) is 0 Å². The van der Waals surface area contributed by atoms with Crippen LogP contribution in [0.3, 0.4) is 0 Å². The van der Waals surface area contributed by atoms with Crippen molar-refractivity contribution >= 4 is 35.1 Å². The zero-order valence-corrected chi connectivity index (χ0v) is 18.2. The van der Waals surface area contributed by atoms with E-state index in [1.807, 2.05) is 20.8 Å². The molecule has 2 amide bonds. The van der Waals surface area contributed by atoms with E-state index in [-0.39, 0.29) is 39.4 Å². The first kappa shape index (κ1) is 23.1. The van der Waals surface area contributed by atoms with Crippen molar-refractivity contribution in [3.05, 3.63) is 34.1 Å². The fourth-order valence-corrected chi connectivity index (χ4v) is 3.08. The van der Waals surface area contributed by atoms with E-state index < -0.39 is 11.5 Å². The molecule has 1 heterocycles. The fourth-order valence-electron chi connectivity index (χ4n) is 2.41. The Hall–Kier alpha value is -3.21. The fraction of sp³-hybridized carbons (Fsp3) is 0.368. The molecule has 0 saturated heterocycles. The first-order valence-corrected chi connectivity index (χ1v) is 9.89. The van der Waals surface area contributed by atoms with Crippen molar-refractivity contribution in [1.82, 2.24) is 15.3 Å². The molecule has 0 aliphatic rings. The third-order valence-corrected chi connectivity index (χ3v) is 4.54. The Labute approximate surface area is 177 Å². The van der Waals surface area contributed by atoms with Crippen LogP contribution in [-0.2, 0) is 4.79 Å². The SMILES string of the molecule is COc1ccc(C(=O)Nc2c(N)nc(SCC(=O)NC(C)(C)C)[nH]c2=O)cc1OC. The number of rotatable bonds is 7. The number of nitrogens with one attached hydrogen (secondary N) is 3. The highest BCUT2D eigenvalue weighted by Crippen LogP contribution is 2.28. The number of carbonyl (C=O) groups excluding carboxylic acids is 2. The Balaban J connectivity index is 2.13. The second-order valence-electron chi connectivity index (χ2n) is 7.24. The molecule has 0 spiro atoms. The van der Waals surface area contributed by atoms with Crippen LogP contribution in [0.1, 0.15) is 31.1 Å². The molecule has 1 aromatic heterocycles. The van der Waals surface area contributed by atoms with Gasteiger partial charge in [-0.2, -0.15) is 0 Å². The molecule has 2 rings (SSSR count). The van der Waals surface area contributed by atoms with E-state index in [2.05, 4.69) is 20.6 Å². The van der Waals surface area contributed by atoms with Gasteiger partial charge in [0.15, 0.2) is 22.5 Å². The lowest BCUT2D eigenvalue weighted by atomic mass is 10.1. The van der Waals surface area contributed by atoms with Crippen LogP contribution in [0, 0.1) is 0 Å². The predicted molar refractivity (Wildman–Crippen MR) is 115 cm³/mol. The smallest absolute Gasteiger partial charge is 0.277 e. The molecule has 0 unspecified atom stereocenters. The van der Waals surface area contributed by atoms with Gasteiger partial charge in [0.2, 0.25) is 5.91 Å². The van der Waals surface area contributed by atoms with Gasteiger partial charge >= 0.3 is 0 Å². The second kappa shape index (κ2) is 9.53. The highest BCUT2D eigenvalue weighted by molar-refractivity contribution is 7.99. The Morgan fingerprint density at radius 2 is 1.87 bits per heavy atom. The van der Waals surface area contributed by atoms with Gasteiger partial charge in [0, 0.05) is 11.1 Å². The molecule has 0 aliphatic heterocycles. The van der Waals surface area contributed by atoms with Crippen LogP contribution in [0.25, 0.3) is 0 Å². The van der Waals surface area contributed by atoms with Crippen molar-refractivity contribution in [2.24, 2.45) is 0 Å². The molecule has 0 saturated carbocycles. The van der Waals surface area contributed by atoms with E-state index in [1.54, 1.807) is 6.07 Å². The second-order valence-corrected chi connectivity index (χ2v) is 8.21. The van der Waals surface area contributed by atoms with Gasteiger partial charge < -0.3 is 25.8 Å². The maximum absolute atomic E-state index is 12.5. The topological polar surface area (TPSA) is 148 Å².